The average molecular weight is 241 g/mol. The first kappa shape index (κ1) is 10.8. The van der Waals surface area contributed by atoms with E-state index in [1.54, 1.807) is 6.26 Å². The number of hydrogen-bond donors (Lipinski definition) is 1. The van der Waals surface area contributed by atoms with Crippen LogP contribution in [-0.2, 0) is 9.59 Å². The molecular weight excluding hydrogens is 230 g/mol. The van der Waals surface area contributed by atoms with Crippen molar-refractivity contribution in [2.75, 3.05) is 0 Å². The molecule has 18 heavy (non-hydrogen) atoms. The molecule has 1 aromatic heterocycles. The van der Waals surface area contributed by atoms with Gasteiger partial charge in [-0.1, -0.05) is 12.2 Å². The van der Waals surface area contributed by atoms with E-state index in [0.717, 1.165) is 16.9 Å². The third kappa shape index (κ3) is 1.93. The third-order valence-corrected chi connectivity index (χ3v) is 3.02. The Balaban J connectivity index is 1.90. The van der Waals surface area contributed by atoms with Gasteiger partial charge >= 0.3 is 0 Å². The summed E-state index contributed by atoms with van der Waals surface area (Å²) in [5, 5.41) is 2.34. The minimum atomic E-state index is -0.282. The first-order chi connectivity index (χ1) is 8.72. The summed E-state index contributed by atoms with van der Waals surface area (Å²) >= 11 is 0. The molecule has 1 N–H and O–H groups in total. The molecule has 0 bridgehead atoms. The molecule has 3 rings (SSSR count). The molecule has 0 unspecified atom stereocenters. The van der Waals surface area contributed by atoms with Crippen molar-refractivity contribution in [3.63, 3.8) is 0 Å². The molecule has 0 spiro atoms. The molecule has 0 atom stereocenters. The molecule has 4 nitrogen and oxygen atoms in total. The maximum Gasteiger partial charge on any atom is 0.254 e. The lowest BCUT2D eigenvalue weighted by molar-refractivity contribution is -0.129. The van der Waals surface area contributed by atoms with Crippen molar-refractivity contribution in [3.05, 3.63) is 53.0 Å². The van der Waals surface area contributed by atoms with E-state index < -0.39 is 0 Å². The summed E-state index contributed by atoms with van der Waals surface area (Å²) in [6.07, 6.45) is 8.08. The zero-order chi connectivity index (χ0) is 12.5. The van der Waals surface area contributed by atoms with Gasteiger partial charge in [0.2, 0.25) is 5.91 Å². The Labute approximate surface area is 104 Å². The van der Waals surface area contributed by atoms with Gasteiger partial charge in [0.25, 0.3) is 5.91 Å². The number of furan rings is 1. The molecule has 1 aliphatic carbocycles. The van der Waals surface area contributed by atoms with Crippen LogP contribution in [0, 0.1) is 0 Å². The van der Waals surface area contributed by atoms with Crippen LogP contribution in [0.5, 0.6) is 0 Å². The highest BCUT2D eigenvalue weighted by atomic mass is 16.3. The molecule has 1 aliphatic heterocycles. The fraction of sp³-hybridized carbons (Fsp3) is 0.143. The van der Waals surface area contributed by atoms with Crippen LogP contribution in [0.2, 0.25) is 0 Å². The molecule has 4 heteroatoms. The Kier molecular flexibility index (Phi) is 2.48. The van der Waals surface area contributed by atoms with Crippen molar-refractivity contribution < 1.29 is 14.0 Å². The maximum absolute atomic E-state index is 11.7. The normalized spacial score (nSPS) is 21.2. The monoisotopic (exact) mass is 241 g/mol. The molecule has 2 aliphatic rings. The molecule has 2 amide bonds. The summed E-state index contributed by atoms with van der Waals surface area (Å²) in [4.78, 5) is 22.9. The Bertz CT molecular complexity index is 603. The van der Waals surface area contributed by atoms with E-state index in [1.165, 1.54) is 0 Å². The van der Waals surface area contributed by atoms with E-state index >= 15 is 0 Å². The fourth-order valence-electron chi connectivity index (χ4n) is 2.15. The molecule has 90 valence electrons. The molecule has 0 fully saturated rings. The number of carbonyl (C=O) groups is 2. The lowest BCUT2D eigenvalue weighted by atomic mass is 9.89. The summed E-state index contributed by atoms with van der Waals surface area (Å²) in [6.45, 7) is 0. The number of amides is 2. The van der Waals surface area contributed by atoms with Gasteiger partial charge in [0.15, 0.2) is 0 Å². The van der Waals surface area contributed by atoms with Gasteiger partial charge in [-0.3, -0.25) is 14.9 Å². The van der Waals surface area contributed by atoms with E-state index in [1.807, 2.05) is 30.4 Å². The molecular formula is C14H11NO3. The SMILES string of the molecule is O=C1CC2=C(CC(=Cc3ccco3)C=C2)C(=O)N1. The summed E-state index contributed by atoms with van der Waals surface area (Å²) < 4.78 is 5.24. The van der Waals surface area contributed by atoms with Crippen LogP contribution >= 0.6 is 0 Å². The predicted molar refractivity (Wildman–Crippen MR) is 65.2 cm³/mol. The van der Waals surface area contributed by atoms with Crippen LogP contribution < -0.4 is 5.32 Å². The zero-order valence-corrected chi connectivity index (χ0v) is 9.60. The number of imide groups is 1. The van der Waals surface area contributed by atoms with Crippen molar-refractivity contribution in [3.8, 4) is 0 Å². The predicted octanol–water partition coefficient (Wildman–Crippen LogP) is 1.97. The van der Waals surface area contributed by atoms with Crippen LogP contribution in [0.3, 0.4) is 0 Å². The number of rotatable bonds is 1. The smallest absolute Gasteiger partial charge is 0.254 e. The van der Waals surface area contributed by atoms with E-state index in [2.05, 4.69) is 5.32 Å². The lowest BCUT2D eigenvalue weighted by Gasteiger charge is -2.21. The summed E-state index contributed by atoms with van der Waals surface area (Å²) in [5.74, 6) is 0.240. The lowest BCUT2D eigenvalue weighted by Crippen LogP contribution is -2.37. The van der Waals surface area contributed by atoms with E-state index in [9.17, 15) is 9.59 Å². The second-order valence-corrected chi connectivity index (χ2v) is 4.30. The van der Waals surface area contributed by atoms with Crippen LogP contribution in [0.1, 0.15) is 18.6 Å². The maximum atomic E-state index is 11.7. The van der Waals surface area contributed by atoms with Crippen LogP contribution in [0.15, 0.2) is 51.7 Å². The highest BCUT2D eigenvalue weighted by Gasteiger charge is 2.26. The van der Waals surface area contributed by atoms with Gasteiger partial charge < -0.3 is 4.42 Å². The minimum absolute atomic E-state index is 0.234. The molecule has 0 radical (unpaired) electrons. The highest BCUT2D eigenvalue weighted by Crippen LogP contribution is 2.28. The topological polar surface area (TPSA) is 59.3 Å². The second kappa shape index (κ2) is 4.14. The number of carbonyl (C=O) groups excluding carboxylic acids is 2. The summed E-state index contributed by atoms with van der Waals surface area (Å²) in [5.41, 5.74) is 2.49. The molecule has 0 saturated heterocycles. The van der Waals surface area contributed by atoms with E-state index in [-0.39, 0.29) is 18.2 Å². The first-order valence-corrected chi connectivity index (χ1v) is 5.71. The van der Waals surface area contributed by atoms with Gasteiger partial charge in [-0.2, -0.15) is 0 Å². The van der Waals surface area contributed by atoms with Crippen molar-refractivity contribution in [1.29, 1.82) is 0 Å². The zero-order valence-electron chi connectivity index (χ0n) is 9.60. The van der Waals surface area contributed by atoms with E-state index in [0.29, 0.717) is 12.0 Å². The number of allylic oxidation sites excluding steroid dienone is 3. The molecule has 0 aromatic carbocycles. The van der Waals surface area contributed by atoms with Crippen LogP contribution in [0.25, 0.3) is 6.08 Å². The van der Waals surface area contributed by atoms with Gasteiger partial charge in [0.05, 0.1) is 12.7 Å². The Morgan fingerprint density at radius 3 is 2.89 bits per heavy atom. The summed E-state index contributed by atoms with van der Waals surface area (Å²) in [7, 11) is 0. The van der Waals surface area contributed by atoms with Crippen molar-refractivity contribution in [1.82, 2.24) is 5.32 Å². The Morgan fingerprint density at radius 1 is 1.22 bits per heavy atom. The molecule has 1 aromatic rings. The van der Waals surface area contributed by atoms with Crippen molar-refractivity contribution in [2.45, 2.75) is 12.8 Å². The van der Waals surface area contributed by atoms with Crippen LogP contribution in [-0.4, -0.2) is 11.8 Å². The quantitative estimate of drug-likeness (QED) is 0.765. The number of hydrogen-bond acceptors (Lipinski definition) is 3. The van der Waals surface area contributed by atoms with Gasteiger partial charge in [-0.25, -0.2) is 0 Å². The summed E-state index contributed by atoms with van der Waals surface area (Å²) in [6, 6.07) is 3.67. The van der Waals surface area contributed by atoms with Gasteiger partial charge in [0.1, 0.15) is 5.76 Å². The average Bonchev–Trinajstić information content (AvgIpc) is 2.83. The fourth-order valence-corrected chi connectivity index (χ4v) is 2.15. The van der Waals surface area contributed by atoms with Gasteiger partial charge in [-0.15, -0.1) is 0 Å². The minimum Gasteiger partial charge on any atom is -0.465 e. The van der Waals surface area contributed by atoms with Crippen LogP contribution in [0.4, 0.5) is 0 Å². The van der Waals surface area contributed by atoms with Gasteiger partial charge in [-0.05, 0) is 29.4 Å². The third-order valence-electron chi connectivity index (χ3n) is 3.02. The highest BCUT2D eigenvalue weighted by molar-refractivity contribution is 6.09. The number of nitrogens with one attached hydrogen (secondary N) is 1. The Morgan fingerprint density at radius 2 is 2.11 bits per heavy atom. The molecule has 2 heterocycles. The standard InChI is InChI=1S/C14H11NO3/c16-13-8-10-4-3-9(6-11-2-1-5-18-11)7-12(10)14(17)15-13/h1-6H,7-8H2,(H,15,16,17). The second-order valence-electron chi connectivity index (χ2n) is 4.30. The van der Waals surface area contributed by atoms with Crippen molar-refractivity contribution >= 4 is 17.9 Å². The largest absolute Gasteiger partial charge is 0.465 e. The Hall–Kier alpha value is -2.36. The van der Waals surface area contributed by atoms with E-state index in [4.69, 9.17) is 4.42 Å². The first-order valence-electron chi connectivity index (χ1n) is 5.71. The van der Waals surface area contributed by atoms with Gasteiger partial charge in [0, 0.05) is 12.0 Å². The van der Waals surface area contributed by atoms with Crippen molar-refractivity contribution in [2.24, 2.45) is 0 Å². The molecule has 0 saturated carbocycles.